The molecule has 0 aromatic rings. The van der Waals surface area contributed by atoms with Gasteiger partial charge in [0.25, 0.3) is 0 Å². The Bertz CT molecular complexity index is 355. The lowest BCUT2D eigenvalue weighted by Crippen LogP contribution is -2.60. The molecule has 0 spiro atoms. The predicted molar refractivity (Wildman–Crippen MR) is 68.4 cm³/mol. The fourth-order valence-corrected chi connectivity index (χ4v) is 2.36. The van der Waals surface area contributed by atoms with E-state index in [1.54, 1.807) is 0 Å². The second kappa shape index (κ2) is 4.76. The maximum Gasteiger partial charge on any atom is 0.225 e. The number of oxime groups is 1. The molecule has 102 valence electrons. The molecule has 0 radical (unpaired) electrons. The van der Waals surface area contributed by atoms with Crippen molar-refractivity contribution in [3.05, 3.63) is 0 Å². The van der Waals surface area contributed by atoms with E-state index in [1.807, 2.05) is 18.7 Å². The van der Waals surface area contributed by atoms with Crippen LogP contribution >= 0.6 is 0 Å². The Morgan fingerprint density at radius 3 is 2.28 bits per heavy atom. The first-order valence-electron chi connectivity index (χ1n) is 6.48. The van der Waals surface area contributed by atoms with Gasteiger partial charge in [0.15, 0.2) is 5.84 Å². The van der Waals surface area contributed by atoms with E-state index in [-0.39, 0.29) is 11.8 Å². The molecule has 6 heteroatoms. The van der Waals surface area contributed by atoms with Crippen molar-refractivity contribution in [2.24, 2.45) is 16.8 Å². The van der Waals surface area contributed by atoms with Crippen molar-refractivity contribution >= 4 is 11.7 Å². The normalized spacial score (nSPS) is 23.2. The second-order valence-corrected chi connectivity index (χ2v) is 5.63. The number of amides is 1. The van der Waals surface area contributed by atoms with Crippen molar-refractivity contribution in [2.45, 2.75) is 32.2 Å². The van der Waals surface area contributed by atoms with Gasteiger partial charge in [0.05, 0.1) is 5.54 Å². The standard InChI is InChI=1S/C12H22N4O2/c1-12(2,11(13)14-18)16-7-5-15(6-8-16)10(17)9-3-4-9/h9,18H,3-8H2,1-2H3,(H2,13,14). The molecule has 1 aliphatic carbocycles. The number of carbonyl (C=O) groups is 1. The summed E-state index contributed by atoms with van der Waals surface area (Å²) in [5, 5.41) is 11.9. The van der Waals surface area contributed by atoms with Crippen LogP contribution in [0.2, 0.25) is 0 Å². The number of nitrogens with two attached hydrogens (primary N) is 1. The highest BCUT2D eigenvalue weighted by Crippen LogP contribution is 2.31. The first kappa shape index (κ1) is 13.1. The zero-order chi connectivity index (χ0) is 13.3. The summed E-state index contributed by atoms with van der Waals surface area (Å²) in [4.78, 5) is 16.0. The van der Waals surface area contributed by atoms with Gasteiger partial charge >= 0.3 is 0 Å². The van der Waals surface area contributed by atoms with Crippen molar-refractivity contribution < 1.29 is 10.0 Å². The van der Waals surface area contributed by atoms with Crippen molar-refractivity contribution in [3.8, 4) is 0 Å². The fourth-order valence-electron chi connectivity index (χ4n) is 2.36. The van der Waals surface area contributed by atoms with Crippen LogP contribution in [0.5, 0.6) is 0 Å². The molecule has 0 atom stereocenters. The van der Waals surface area contributed by atoms with E-state index >= 15 is 0 Å². The summed E-state index contributed by atoms with van der Waals surface area (Å²) >= 11 is 0. The molecule has 6 nitrogen and oxygen atoms in total. The molecule has 0 unspecified atom stereocenters. The van der Waals surface area contributed by atoms with Crippen LogP contribution in [0.3, 0.4) is 0 Å². The highest BCUT2D eigenvalue weighted by atomic mass is 16.4. The van der Waals surface area contributed by atoms with Gasteiger partial charge in [-0.3, -0.25) is 9.69 Å². The van der Waals surface area contributed by atoms with Crippen LogP contribution in [0.1, 0.15) is 26.7 Å². The molecule has 0 aromatic heterocycles. The van der Waals surface area contributed by atoms with Gasteiger partial charge in [0.2, 0.25) is 5.91 Å². The van der Waals surface area contributed by atoms with Gasteiger partial charge in [-0.1, -0.05) is 5.16 Å². The first-order chi connectivity index (χ1) is 8.46. The van der Waals surface area contributed by atoms with E-state index in [0.29, 0.717) is 5.91 Å². The third-order valence-electron chi connectivity index (χ3n) is 4.04. The van der Waals surface area contributed by atoms with Crippen molar-refractivity contribution in [1.82, 2.24) is 9.80 Å². The van der Waals surface area contributed by atoms with E-state index in [2.05, 4.69) is 10.1 Å². The monoisotopic (exact) mass is 254 g/mol. The molecule has 0 aromatic carbocycles. The van der Waals surface area contributed by atoms with Crippen LogP contribution in [0.15, 0.2) is 5.16 Å². The number of carbonyl (C=O) groups excluding carboxylic acids is 1. The Morgan fingerprint density at radius 1 is 1.28 bits per heavy atom. The predicted octanol–water partition coefficient (Wildman–Crippen LogP) is 0.0656. The summed E-state index contributed by atoms with van der Waals surface area (Å²) in [7, 11) is 0. The summed E-state index contributed by atoms with van der Waals surface area (Å²) in [6.07, 6.45) is 2.10. The van der Waals surface area contributed by atoms with E-state index in [1.165, 1.54) is 0 Å². The molecule has 18 heavy (non-hydrogen) atoms. The number of hydrogen-bond acceptors (Lipinski definition) is 4. The summed E-state index contributed by atoms with van der Waals surface area (Å²) in [6.45, 7) is 6.86. The van der Waals surface area contributed by atoms with E-state index in [9.17, 15) is 4.79 Å². The number of nitrogens with zero attached hydrogens (tertiary/aromatic N) is 3. The lowest BCUT2D eigenvalue weighted by atomic mass is 10.00. The summed E-state index contributed by atoms with van der Waals surface area (Å²) < 4.78 is 0. The zero-order valence-corrected chi connectivity index (χ0v) is 11.1. The third kappa shape index (κ3) is 2.43. The number of amidine groups is 1. The van der Waals surface area contributed by atoms with Crippen molar-refractivity contribution in [3.63, 3.8) is 0 Å². The maximum absolute atomic E-state index is 11.9. The average Bonchev–Trinajstić information content (AvgIpc) is 3.21. The van der Waals surface area contributed by atoms with Gasteiger partial charge in [-0.2, -0.15) is 0 Å². The third-order valence-corrected chi connectivity index (χ3v) is 4.04. The van der Waals surface area contributed by atoms with Gasteiger partial charge in [-0.15, -0.1) is 0 Å². The molecular formula is C12H22N4O2. The minimum absolute atomic E-state index is 0.212. The Hall–Kier alpha value is -1.30. The number of piperazine rings is 1. The Balaban J connectivity index is 1.91. The Labute approximate surface area is 107 Å². The van der Waals surface area contributed by atoms with Crippen molar-refractivity contribution in [2.75, 3.05) is 26.2 Å². The second-order valence-electron chi connectivity index (χ2n) is 5.63. The maximum atomic E-state index is 11.9. The van der Waals surface area contributed by atoms with Gasteiger partial charge in [-0.25, -0.2) is 0 Å². The molecule has 2 rings (SSSR count). The first-order valence-corrected chi connectivity index (χ1v) is 6.48. The summed E-state index contributed by atoms with van der Waals surface area (Å²) in [5.41, 5.74) is 5.24. The SMILES string of the molecule is CC(C)(C(N)=NO)N1CCN(C(=O)C2CC2)CC1. The largest absolute Gasteiger partial charge is 0.409 e. The van der Waals surface area contributed by atoms with Crippen molar-refractivity contribution in [1.29, 1.82) is 0 Å². The van der Waals surface area contributed by atoms with Gasteiger partial charge in [0, 0.05) is 32.1 Å². The van der Waals surface area contributed by atoms with Crippen LogP contribution in [0.25, 0.3) is 0 Å². The van der Waals surface area contributed by atoms with Crippen LogP contribution in [-0.2, 0) is 4.79 Å². The average molecular weight is 254 g/mol. The lowest BCUT2D eigenvalue weighted by Gasteiger charge is -2.43. The molecule has 2 aliphatic rings. The van der Waals surface area contributed by atoms with Crippen LogP contribution < -0.4 is 5.73 Å². The van der Waals surface area contributed by atoms with Gasteiger partial charge in [0.1, 0.15) is 0 Å². The smallest absolute Gasteiger partial charge is 0.225 e. The van der Waals surface area contributed by atoms with Gasteiger partial charge < -0.3 is 15.8 Å². The molecule has 1 heterocycles. The Kier molecular flexibility index (Phi) is 3.47. The van der Waals surface area contributed by atoms with Gasteiger partial charge in [-0.05, 0) is 26.7 Å². The zero-order valence-electron chi connectivity index (χ0n) is 11.1. The molecule has 1 saturated heterocycles. The highest BCUT2D eigenvalue weighted by molar-refractivity contribution is 5.88. The van der Waals surface area contributed by atoms with Crippen LogP contribution in [0, 0.1) is 5.92 Å². The highest BCUT2D eigenvalue weighted by Gasteiger charge is 2.38. The summed E-state index contributed by atoms with van der Waals surface area (Å²) in [5.74, 6) is 0.800. The minimum atomic E-state index is -0.469. The number of hydrogen-bond donors (Lipinski definition) is 2. The molecule has 1 saturated carbocycles. The molecule has 2 fully saturated rings. The van der Waals surface area contributed by atoms with Crippen LogP contribution in [-0.4, -0.2) is 58.5 Å². The minimum Gasteiger partial charge on any atom is -0.409 e. The molecule has 0 bridgehead atoms. The molecule has 1 aliphatic heterocycles. The molecular weight excluding hydrogens is 232 g/mol. The number of rotatable bonds is 3. The Morgan fingerprint density at radius 2 is 1.83 bits per heavy atom. The molecule has 1 amide bonds. The van der Waals surface area contributed by atoms with E-state index in [4.69, 9.17) is 10.9 Å². The quantitative estimate of drug-likeness (QED) is 0.323. The van der Waals surface area contributed by atoms with E-state index in [0.717, 1.165) is 39.0 Å². The lowest BCUT2D eigenvalue weighted by molar-refractivity contribution is -0.134. The fraction of sp³-hybridized carbons (Fsp3) is 0.833. The van der Waals surface area contributed by atoms with E-state index < -0.39 is 5.54 Å². The van der Waals surface area contributed by atoms with Crippen LogP contribution in [0.4, 0.5) is 0 Å². The molecule has 3 N–H and O–H groups in total. The topological polar surface area (TPSA) is 82.2 Å². The summed E-state index contributed by atoms with van der Waals surface area (Å²) in [6, 6.07) is 0.